The van der Waals surface area contributed by atoms with Crippen molar-refractivity contribution < 1.29 is 0 Å². The average Bonchev–Trinajstić information content (AvgIpc) is 3.60. The Morgan fingerprint density at radius 2 is 1.27 bits per heavy atom. The number of nitrogens with zero attached hydrogens (tertiary/aromatic N) is 1. The summed E-state index contributed by atoms with van der Waals surface area (Å²) < 4.78 is 1.25. The van der Waals surface area contributed by atoms with Crippen LogP contribution in [0.1, 0.15) is 11.1 Å². The van der Waals surface area contributed by atoms with Crippen molar-refractivity contribution in [3.05, 3.63) is 126 Å². The van der Waals surface area contributed by atoms with Crippen molar-refractivity contribution in [2.75, 3.05) is 0 Å². The SMILES string of the molecule is C1=Cc2c(-c3cccc(-c4cccc(-c5nc6ccc7ccccc7c6s5)c4)c3)ccc3cccc1c23. The molecule has 0 bridgehead atoms. The summed E-state index contributed by atoms with van der Waals surface area (Å²) in [5, 5.41) is 6.25. The second-order valence-electron chi connectivity index (χ2n) is 9.62. The minimum Gasteiger partial charge on any atom is -0.236 e. The van der Waals surface area contributed by atoms with Gasteiger partial charge in [0.05, 0.1) is 10.2 Å². The van der Waals surface area contributed by atoms with Gasteiger partial charge in [-0.2, -0.15) is 0 Å². The van der Waals surface area contributed by atoms with Gasteiger partial charge >= 0.3 is 0 Å². The van der Waals surface area contributed by atoms with Gasteiger partial charge in [-0.3, -0.25) is 0 Å². The predicted molar refractivity (Wildman–Crippen MR) is 160 cm³/mol. The molecule has 7 aromatic rings. The van der Waals surface area contributed by atoms with Crippen molar-refractivity contribution in [3.63, 3.8) is 0 Å². The molecule has 172 valence electrons. The zero-order valence-electron chi connectivity index (χ0n) is 20.0. The lowest BCUT2D eigenvalue weighted by molar-refractivity contribution is 1.48. The first-order valence-electron chi connectivity index (χ1n) is 12.6. The molecule has 0 amide bonds. The van der Waals surface area contributed by atoms with Crippen LogP contribution < -0.4 is 0 Å². The number of hydrogen-bond acceptors (Lipinski definition) is 2. The molecule has 0 N–H and O–H groups in total. The molecule has 1 aliphatic rings. The first-order valence-corrected chi connectivity index (χ1v) is 13.4. The standard InChI is InChI=1S/C35H21NS/c1-2-13-30-22(6-1)16-19-32-34(30)37-35(36-32)28-12-5-10-26(21-28)25-9-4-11-27(20-25)29-17-14-23-7-3-8-24-15-18-31(29)33(23)24/h1-21H. The highest BCUT2D eigenvalue weighted by Gasteiger charge is 2.15. The molecule has 0 fully saturated rings. The molecule has 1 heterocycles. The zero-order chi connectivity index (χ0) is 24.3. The van der Waals surface area contributed by atoms with Crippen LogP contribution in [-0.2, 0) is 0 Å². The Labute approximate surface area is 219 Å². The van der Waals surface area contributed by atoms with Crippen LogP contribution in [0.15, 0.2) is 115 Å². The molecule has 1 aliphatic carbocycles. The number of hydrogen-bond donors (Lipinski definition) is 0. The summed E-state index contributed by atoms with van der Waals surface area (Å²) in [5.74, 6) is 0. The van der Waals surface area contributed by atoms with Crippen LogP contribution in [0, 0.1) is 0 Å². The highest BCUT2D eigenvalue weighted by atomic mass is 32.1. The number of benzene rings is 6. The Morgan fingerprint density at radius 1 is 0.541 bits per heavy atom. The summed E-state index contributed by atoms with van der Waals surface area (Å²) in [6.07, 6.45) is 4.49. The van der Waals surface area contributed by atoms with E-state index in [1.54, 1.807) is 11.3 Å². The van der Waals surface area contributed by atoms with Crippen LogP contribution in [0.3, 0.4) is 0 Å². The molecule has 0 spiro atoms. The van der Waals surface area contributed by atoms with Crippen molar-refractivity contribution in [3.8, 4) is 32.8 Å². The maximum atomic E-state index is 5.00. The molecular formula is C35H21NS. The molecule has 0 aliphatic heterocycles. The minimum absolute atomic E-state index is 1.06. The quantitative estimate of drug-likeness (QED) is 0.242. The van der Waals surface area contributed by atoms with Crippen molar-refractivity contribution in [2.24, 2.45) is 0 Å². The van der Waals surface area contributed by atoms with Gasteiger partial charge < -0.3 is 0 Å². The Morgan fingerprint density at radius 3 is 2.19 bits per heavy atom. The minimum atomic E-state index is 1.06. The van der Waals surface area contributed by atoms with E-state index in [1.165, 1.54) is 59.6 Å². The third-order valence-corrected chi connectivity index (χ3v) is 8.60. The van der Waals surface area contributed by atoms with Gasteiger partial charge in [0.2, 0.25) is 0 Å². The van der Waals surface area contributed by atoms with Crippen LogP contribution in [0.4, 0.5) is 0 Å². The molecule has 37 heavy (non-hydrogen) atoms. The summed E-state index contributed by atoms with van der Waals surface area (Å²) in [5.41, 5.74) is 9.79. The second kappa shape index (κ2) is 7.99. The van der Waals surface area contributed by atoms with Gasteiger partial charge in [-0.25, -0.2) is 4.98 Å². The van der Waals surface area contributed by atoms with Gasteiger partial charge in [0.25, 0.3) is 0 Å². The Bertz CT molecular complexity index is 2040. The number of aromatic nitrogens is 1. The van der Waals surface area contributed by atoms with Crippen molar-refractivity contribution in [1.82, 2.24) is 4.98 Å². The lowest BCUT2D eigenvalue weighted by atomic mass is 9.93. The Hall–Kier alpha value is -4.53. The maximum absolute atomic E-state index is 5.00. The van der Waals surface area contributed by atoms with Gasteiger partial charge in [0.1, 0.15) is 5.01 Å². The van der Waals surface area contributed by atoms with E-state index in [9.17, 15) is 0 Å². The average molecular weight is 488 g/mol. The predicted octanol–water partition coefficient (Wildman–Crippen LogP) is 10.1. The van der Waals surface area contributed by atoms with Gasteiger partial charge in [-0.15, -0.1) is 11.3 Å². The monoisotopic (exact) mass is 487 g/mol. The van der Waals surface area contributed by atoms with Crippen LogP contribution in [0.25, 0.3) is 76.7 Å². The van der Waals surface area contributed by atoms with Crippen LogP contribution in [0.2, 0.25) is 0 Å². The fraction of sp³-hybridized carbons (Fsp3) is 0. The molecule has 0 atom stereocenters. The lowest BCUT2D eigenvalue weighted by Crippen LogP contribution is -1.87. The topological polar surface area (TPSA) is 12.9 Å². The smallest absolute Gasteiger partial charge is 0.124 e. The molecule has 0 radical (unpaired) electrons. The van der Waals surface area contributed by atoms with Gasteiger partial charge in [-0.05, 0) is 67.7 Å². The Kier molecular flexibility index (Phi) is 4.46. The number of thiazole rings is 1. The van der Waals surface area contributed by atoms with E-state index in [1.807, 2.05) is 0 Å². The van der Waals surface area contributed by atoms with E-state index >= 15 is 0 Å². The van der Waals surface area contributed by atoms with Crippen molar-refractivity contribution in [1.29, 1.82) is 0 Å². The second-order valence-corrected chi connectivity index (χ2v) is 10.6. The summed E-state index contributed by atoms with van der Waals surface area (Å²) in [6, 6.07) is 41.6. The fourth-order valence-electron chi connectivity index (χ4n) is 5.65. The lowest BCUT2D eigenvalue weighted by Gasteiger charge is -2.11. The summed E-state index contributed by atoms with van der Waals surface area (Å²) in [4.78, 5) is 5.00. The highest BCUT2D eigenvalue weighted by molar-refractivity contribution is 7.22. The van der Waals surface area contributed by atoms with E-state index in [2.05, 4.69) is 127 Å². The Balaban J connectivity index is 1.22. The van der Waals surface area contributed by atoms with E-state index in [4.69, 9.17) is 4.98 Å². The molecule has 6 aromatic carbocycles. The van der Waals surface area contributed by atoms with E-state index in [0.29, 0.717) is 0 Å². The summed E-state index contributed by atoms with van der Waals surface area (Å²) >= 11 is 1.78. The first-order chi connectivity index (χ1) is 18.3. The van der Waals surface area contributed by atoms with E-state index < -0.39 is 0 Å². The van der Waals surface area contributed by atoms with Crippen LogP contribution in [-0.4, -0.2) is 4.98 Å². The molecule has 1 nitrogen and oxygen atoms in total. The largest absolute Gasteiger partial charge is 0.236 e. The third kappa shape index (κ3) is 3.27. The number of rotatable bonds is 3. The third-order valence-electron chi connectivity index (χ3n) is 7.44. The van der Waals surface area contributed by atoms with Crippen LogP contribution >= 0.6 is 11.3 Å². The van der Waals surface area contributed by atoms with Crippen molar-refractivity contribution in [2.45, 2.75) is 0 Å². The van der Waals surface area contributed by atoms with Gasteiger partial charge in [0.15, 0.2) is 0 Å². The molecule has 2 heteroatoms. The molecule has 0 unspecified atom stereocenters. The molecule has 8 rings (SSSR count). The van der Waals surface area contributed by atoms with Crippen LogP contribution in [0.5, 0.6) is 0 Å². The van der Waals surface area contributed by atoms with E-state index in [0.717, 1.165) is 16.1 Å². The fourth-order valence-corrected chi connectivity index (χ4v) is 6.75. The van der Waals surface area contributed by atoms with Gasteiger partial charge in [-0.1, -0.05) is 109 Å². The molecule has 1 aromatic heterocycles. The normalized spacial score (nSPS) is 12.2. The molecule has 0 saturated carbocycles. The van der Waals surface area contributed by atoms with Gasteiger partial charge in [0, 0.05) is 10.9 Å². The van der Waals surface area contributed by atoms with Crippen molar-refractivity contribution >= 4 is 55.3 Å². The first kappa shape index (κ1) is 20.6. The maximum Gasteiger partial charge on any atom is 0.124 e. The highest BCUT2D eigenvalue weighted by Crippen LogP contribution is 2.40. The number of fused-ring (bicyclic) bond motifs is 3. The molecule has 0 saturated heterocycles. The summed E-state index contributed by atoms with van der Waals surface area (Å²) in [7, 11) is 0. The molecular weight excluding hydrogens is 466 g/mol. The van der Waals surface area contributed by atoms with E-state index in [-0.39, 0.29) is 0 Å². The summed E-state index contributed by atoms with van der Waals surface area (Å²) in [6.45, 7) is 0. The zero-order valence-corrected chi connectivity index (χ0v) is 20.8.